The number of H-pyrrole nitrogens is 1. The zero-order valence-corrected chi connectivity index (χ0v) is 10.6. The number of hydrogen-bond donors (Lipinski definition) is 1. The zero-order valence-electron chi connectivity index (χ0n) is 10.6. The SMILES string of the molecule is CC(C)(C)OC(=O)c1n[nH]nc1-c1ccccc1. The lowest BCUT2D eigenvalue weighted by Gasteiger charge is -2.18. The van der Waals surface area contributed by atoms with Crippen molar-refractivity contribution in [1.82, 2.24) is 15.4 Å². The zero-order chi connectivity index (χ0) is 13.2. The number of carbonyl (C=O) groups excluding carboxylic acids is 1. The Balaban J connectivity index is 2.32. The molecule has 0 fully saturated rings. The second-order valence-corrected chi connectivity index (χ2v) is 4.89. The number of nitrogens with one attached hydrogen (secondary N) is 1. The molecule has 1 N–H and O–H groups in total. The lowest BCUT2D eigenvalue weighted by atomic mass is 10.1. The monoisotopic (exact) mass is 245 g/mol. The number of nitrogens with zero attached hydrogens (tertiary/aromatic N) is 2. The molecule has 2 rings (SSSR count). The van der Waals surface area contributed by atoms with Gasteiger partial charge in [-0.1, -0.05) is 30.3 Å². The Labute approximate surface area is 105 Å². The first-order valence-electron chi connectivity index (χ1n) is 5.67. The van der Waals surface area contributed by atoms with E-state index < -0.39 is 11.6 Å². The van der Waals surface area contributed by atoms with Crippen molar-refractivity contribution < 1.29 is 9.53 Å². The van der Waals surface area contributed by atoms with Crippen molar-refractivity contribution in [2.45, 2.75) is 26.4 Å². The first-order valence-corrected chi connectivity index (χ1v) is 5.67. The van der Waals surface area contributed by atoms with Crippen molar-refractivity contribution in [3.63, 3.8) is 0 Å². The fraction of sp³-hybridized carbons (Fsp3) is 0.308. The number of aromatic nitrogens is 3. The third kappa shape index (κ3) is 2.74. The summed E-state index contributed by atoms with van der Waals surface area (Å²) in [6.45, 7) is 5.44. The van der Waals surface area contributed by atoms with E-state index in [9.17, 15) is 4.79 Å². The van der Waals surface area contributed by atoms with Gasteiger partial charge in [0.15, 0.2) is 5.69 Å². The highest BCUT2D eigenvalue weighted by atomic mass is 16.6. The summed E-state index contributed by atoms with van der Waals surface area (Å²) in [5.41, 5.74) is 0.984. The fourth-order valence-corrected chi connectivity index (χ4v) is 1.50. The normalized spacial score (nSPS) is 11.3. The maximum Gasteiger partial charge on any atom is 0.361 e. The van der Waals surface area contributed by atoms with Crippen molar-refractivity contribution in [2.24, 2.45) is 0 Å². The highest BCUT2D eigenvalue weighted by Crippen LogP contribution is 2.21. The van der Waals surface area contributed by atoms with Gasteiger partial charge in [-0.3, -0.25) is 0 Å². The van der Waals surface area contributed by atoms with Crippen LogP contribution in [0.5, 0.6) is 0 Å². The summed E-state index contributed by atoms with van der Waals surface area (Å²) >= 11 is 0. The minimum atomic E-state index is -0.552. The quantitative estimate of drug-likeness (QED) is 0.825. The van der Waals surface area contributed by atoms with E-state index in [0.29, 0.717) is 5.69 Å². The molecular formula is C13H15N3O2. The summed E-state index contributed by atoms with van der Waals surface area (Å²) < 4.78 is 5.28. The minimum absolute atomic E-state index is 0.205. The van der Waals surface area contributed by atoms with Crippen molar-refractivity contribution in [2.75, 3.05) is 0 Å². The minimum Gasteiger partial charge on any atom is -0.455 e. The summed E-state index contributed by atoms with van der Waals surface area (Å²) in [5, 5.41) is 10.3. The van der Waals surface area contributed by atoms with Crippen molar-refractivity contribution in [3.05, 3.63) is 36.0 Å². The van der Waals surface area contributed by atoms with Crippen LogP contribution in [0.2, 0.25) is 0 Å². The summed E-state index contributed by atoms with van der Waals surface area (Å²) in [4.78, 5) is 12.0. The van der Waals surface area contributed by atoms with Gasteiger partial charge in [0.25, 0.3) is 0 Å². The maximum atomic E-state index is 12.0. The third-order valence-electron chi connectivity index (χ3n) is 2.19. The lowest BCUT2D eigenvalue weighted by Crippen LogP contribution is -2.24. The van der Waals surface area contributed by atoms with Gasteiger partial charge in [-0.2, -0.15) is 10.3 Å². The average Bonchev–Trinajstić information content (AvgIpc) is 2.76. The van der Waals surface area contributed by atoms with Crippen molar-refractivity contribution >= 4 is 5.97 Å². The van der Waals surface area contributed by atoms with Gasteiger partial charge in [-0.15, -0.1) is 5.10 Å². The summed E-state index contributed by atoms with van der Waals surface area (Å²) in [5.74, 6) is -0.477. The summed E-state index contributed by atoms with van der Waals surface area (Å²) in [7, 11) is 0. The lowest BCUT2D eigenvalue weighted by molar-refractivity contribution is 0.00637. The largest absolute Gasteiger partial charge is 0.455 e. The molecule has 0 aliphatic rings. The molecule has 1 aromatic heterocycles. The predicted molar refractivity (Wildman–Crippen MR) is 67.0 cm³/mol. The van der Waals surface area contributed by atoms with E-state index in [2.05, 4.69) is 15.4 Å². The second-order valence-electron chi connectivity index (χ2n) is 4.89. The highest BCUT2D eigenvalue weighted by Gasteiger charge is 2.24. The molecule has 0 saturated heterocycles. The van der Waals surface area contributed by atoms with Crippen molar-refractivity contribution in [3.8, 4) is 11.3 Å². The molecule has 1 heterocycles. The van der Waals surface area contributed by atoms with E-state index in [0.717, 1.165) is 5.56 Å². The van der Waals surface area contributed by atoms with E-state index in [1.807, 2.05) is 51.1 Å². The van der Waals surface area contributed by atoms with Gasteiger partial charge in [-0.25, -0.2) is 4.79 Å². The van der Waals surface area contributed by atoms with Gasteiger partial charge in [0, 0.05) is 5.56 Å². The first-order chi connectivity index (χ1) is 8.47. The van der Waals surface area contributed by atoms with Gasteiger partial charge in [0.05, 0.1) is 0 Å². The van der Waals surface area contributed by atoms with Gasteiger partial charge >= 0.3 is 5.97 Å². The predicted octanol–water partition coefficient (Wildman–Crippen LogP) is 2.43. The van der Waals surface area contributed by atoms with Crippen LogP contribution >= 0.6 is 0 Å². The van der Waals surface area contributed by atoms with Crippen LogP contribution in [0.3, 0.4) is 0 Å². The van der Waals surface area contributed by atoms with Crippen LogP contribution in [-0.2, 0) is 4.74 Å². The molecule has 0 spiro atoms. The smallest absolute Gasteiger partial charge is 0.361 e. The number of benzene rings is 1. The molecule has 0 unspecified atom stereocenters. The Morgan fingerprint density at radius 1 is 1.17 bits per heavy atom. The summed E-state index contributed by atoms with van der Waals surface area (Å²) in [6.07, 6.45) is 0. The Kier molecular flexibility index (Phi) is 3.14. The molecule has 0 radical (unpaired) electrons. The molecule has 1 aromatic carbocycles. The molecule has 0 atom stereocenters. The summed E-state index contributed by atoms with van der Waals surface area (Å²) in [6, 6.07) is 9.39. The van der Waals surface area contributed by atoms with Crippen LogP contribution in [0.1, 0.15) is 31.3 Å². The molecule has 18 heavy (non-hydrogen) atoms. The van der Waals surface area contributed by atoms with Gasteiger partial charge < -0.3 is 4.74 Å². The average molecular weight is 245 g/mol. The van der Waals surface area contributed by atoms with Gasteiger partial charge in [-0.05, 0) is 20.8 Å². The van der Waals surface area contributed by atoms with E-state index in [1.165, 1.54) is 0 Å². The molecule has 0 saturated carbocycles. The van der Waals surface area contributed by atoms with E-state index in [-0.39, 0.29) is 5.69 Å². The Bertz CT molecular complexity index is 541. The maximum absolute atomic E-state index is 12.0. The number of rotatable bonds is 2. The molecule has 0 aliphatic carbocycles. The molecule has 2 aromatic rings. The van der Waals surface area contributed by atoms with Crippen molar-refractivity contribution in [1.29, 1.82) is 0 Å². The molecular weight excluding hydrogens is 230 g/mol. The van der Waals surface area contributed by atoms with E-state index >= 15 is 0 Å². The van der Waals surface area contributed by atoms with Crippen LogP contribution in [0.25, 0.3) is 11.3 Å². The Morgan fingerprint density at radius 2 is 1.83 bits per heavy atom. The fourth-order valence-electron chi connectivity index (χ4n) is 1.50. The second kappa shape index (κ2) is 4.60. The molecule has 0 bridgehead atoms. The van der Waals surface area contributed by atoms with Crippen LogP contribution in [0, 0.1) is 0 Å². The van der Waals surface area contributed by atoms with Gasteiger partial charge in [0.2, 0.25) is 0 Å². The Hall–Kier alpha value is -2.17. The van der Waals surface area contributed by atoms with Crippen LogP contribution in [0.15, 0.2) is 30.3 Å². The Morgan fingerprint density at radius 3 is 2.44 bits per heavy atom. The molecule has 94 valence electrons. The molecule has 5 heteroatoms. The topological polar surface area (TPSA) is 67.9 Å². The number of carbonyl (C=O) groups is 1. The van der Waals surface area contributed by atoms with E-state index in [4.69, 9.17) is 4.74 Å². The number of aromatic amines is 1. The standard InChI is InChI=1S/C13H15N3O2/c1-13(2,3)18-12(17)11-10(14-16-15-11)9-7-5-4-6-8-9/h4-8H,1-3H3,(H,14,15,16). The third-order valence-corrected chi connectivity index (χ3v) is 2.19. The molecule has 5 nitrogen and oxygen atoms in total. The van der Waals surface area contributed by atoms with Crippen LogP contribution in [0.4, 0.5) is 0 Å². The molecule has 0 aliphatic heterocycles. The van der Waals surface area contributed by atoms with Crippen LogP contribution < -0.4 is 0 Å². The number of hydrogen-bond acceptors (Lipinski definition) is 4. The van der Waals surface area contributed by atoms with Gasteiger partial charge in [0.1, 0.15) is 11.3 Å². The molecule has 0 amide bonds. The number of esters is 1. The number of ether oxygens (including phenoxy) is 1. The highest BCUT2D eigenvalue weighted by molar-refractivity contribution is 5.94. The van der Waals surface area contributed by atoms with E-state index in [1.54, 1.807) is 0 Å². The first kappa shape index (κ1) is 12.3. The van der Waals surface area contributed by atoms with Crippen LogP contribution in [-0.4, -0.2) is 27.0 Å².